The first-order chi connectivity index (χ1) is 4.58. The molecule has 0 radical (unpaired) electrons. The number of halogens is 1. The van der Waals surface area contributed by atoms with E-state index in [0.717, 1.165) is 0 Å². The van der Waals surface area contributed by atoms with Gasteiger partial charge in [0.05, 0.1) is 6.42 Å². The van der Waals surface area contributed by atoms with Crippen LogP contribution in [0.1, 0.15) is 13.3 Å². The topological polar surface area (TPSA) is 53.3 Å². The molecule has 1 heterocycles. The van der Waals surface area contributed by atoms with Gasteiger partial charge < -0.3 is 9.84 Å². The van der Waals surface area contributed by atoms with Crippen molar-refractivity contribution in [2.24, 2.45) is 0 Å². The fourth-order valence-electron chi connectivity index (χ4n) is 0.862. The summed E-state index contributed by atoms with van der Waals surface area (Å²) in [6, 6.07) is 0. The summed E-state index contributed by atoms with van der Waals surface area (Å²) in [6.07, 6.45) is 4.58. The Morgan fingerprint density at radius 2 is 2.45 bits per heavy atom. The van der Waals surface area contributed by atoms with E-state index in [0.29, 0.717) is 0 Å². The molecule has 1 aliphatic heterocycles. The van der Waals surface area contributed by atoms with Crippen LogP contribution in [0.15, 0.2) is 0 Å². The predicted molar refractivity (Wildman–Crippen MR) is 43.9 cm³/mol. The summed E-state index contributed by atoms with van der Waals surface area (Å²) in [4.78, 5) is 0. The number of aliphatic hydroxyl groups is 1. The van der Waals surface area contributed by atoms with Crippen LogP contribution in [0.25, 0.3) is 0 Å². The molecule has 2 atom stereocenters. The molecular formula is C7H10ClNO2. The molecule has 0 aliphatic carbocycles. The van der Waals surface area contributed by atoms with Gasteiger partial charge in [0.2, 0.25) is 0 Å². The van der Waals surface area contributed by atoms with E-state index in [2.05, 4.69) is 5.92 Å². The zero-order valence-electron chi connectivity index (χ0n) is 6.13. The zero-order chi connectivity index (χ0) is 7.78. The summed E-state index contributed by atoms with van der Waals surface area (Å²) in [5.41, 5.74) is -0.975. The Morgan fingerprint density at radius 3 is 2.64 bits per heavy atom. The van der Waals surface area contributed by atoms with Crippen molar-refractivity contribution in [3.63, 3.8) is 0 Å². The Hall–Kier alpha value is -0.720. The molecular weight excluding hydrogens is 166 g/mol. The van der Waals surface area contributed by atoms with E-state index in [1.165, 1.54) is 0 Å². The van der Waals surface area contributed by atoms with Crippen molar-refractivity contribution in [3.8, 4) is 12.3 Å². The van der Waals surface area contributed by atoms with Crippen LogP contribution in [0, 0.1) is 17.8 Å². The summed E-state index contributed by atoms with van der Waals surface area (Å²) in [5, 5.41) is 16.3. The second-order valence-electron chi connectivity index (χ2n) is 2.50. The van der Waals surface area contributed by atoms with E-state index in [9.17, 15) is 5.11 Å². The Balaban J connectivity index is 0.000001000. The molecule has 2 N–H and O–H groups in total. The highest BCUT2D eigenvalue weighted by atomic mass is 35.5. The highest BCUT2D eigenvalue weighted by molar-refractivity contribution is 5.85. The number of terminal acetylenes is 1. The number of hydrogen-bond acceptors (Lipinski definition) is 3. The Bertz CT molecular complexity index is 211. The van der Waals surface area contributed by atoms with Gasteiger partial charge in [-0.15, -0.1) is 18.8 Å². The van der Waals surface area contributed by atoms with Crippen LogP contribution in [0.3, 0.4) is 0 Å². The maximum absolute atomic E-state index is 9.21. The van der Waals surface area contributed by atoms with Gasteiger partial charge in [-0.3, -0.25) is 5.41 Å². The molecule has 4 heteroatoms. The van der Waals surface area contributed by atoms with E-state index < -0.39 is 11.7 Å². The maximum atomic E-state index is 9.21. The first-order valence-corrected chi connectivity index (χ1v) is 3.01. The second kappa shape index (κ2) is 3.12. The monoisotopic (exact) mass is 175 g/mol. The van der Waals surface area contributed by atoms with Crippen LogP contribution >= 0.6 is 12.4 Å². The Kier molecular flexibility index (Phi) is 2.92. The molecule has 3 nitrogen and oxygen atoms in total. The fraction of sp³-hybridized carbons (Fsp3) is 0.571. The van der Waals surface area contributed by atoms with Gasteiger partial charge in [0.25, 0.3) is 0 Å². The lowest BCUT2D eigenvalue weighted by Crippen LogP contribution is -2.33. The summed E-state index contributed by atoms with van der Waals surface area (Å²) < 4.78 is 4.91. The van der Waals surface area contributed by atoms with Gasteiger partial charge in [-0.25, -0.2) is 0 Å². The van der Waals surface area contributed by atoms with E-state index in [4.69, 9.17) is 16.6 Å². The van der Waals surface area contributed by atoms with Crippen molar-refractivity contribution in [2.45, 2.75) is 25.0 Å². The minimum atomic E-state index is -0.975. The van der Waals surface area contributed by atoms with Gasteiger partial charge >= 0.3 is 0 Å². The molecule has 11 heavy (non-hydrogen) atoms. The van der Waals surface area contributed by atoms with Gasteiger partial charge in [0.15, 0.2) is 11.5 Å². The van der Waals surface area contributed by atoms with Crippen molar-refractivity contribution < 1.29 is 9.84 Å². The van der Waals surface area contributed by atoms with Crippen LogP contribution in [0.2, 0.25) is 0 Å². The first kappa shape index (κ1) is 10.3. The standard InChI is InChI=1S/C7H9NO2.ClH/c1-3-7(2)5(9)4-6(8)10-7;/h1,5,8-9H,4H2,2H3;1H/t5-,7-;/m1./s1. The SMILES string of the molecule is C#C[C@@]1(C)OC(=N)C[C@H]1O.Cl. The highest BCUT2D eigenvalue weighted by Gasteiger charge is 2.41. The van der Waals surface area contributed by atoms with Crippen LogP contribution in [-0.4, -0.2) is 22.7 Å². The third-order valence-corrected chi connectivity index (χ3v) is 1.64. The summed E-state index contributed by atoms with van der Waals surface area (Å²) in [6.45, 7) is 1.60. The molecule has 1 saturated heterocycles. The predicted octanol–water partition coefficient (Wildman–Crippen LogP) is 0.559. The largest absolute Gasteiger partial charge is 0.459 e. The molecule has 62 valence electrons. The van der Waals surface area contributed by atoms with Gasteiger partial charge in [-0.2, -0.15) is 0 Å². The van der Waals surface area contributed by atoms with E-state index in [1.54, 1.807) is 6.92 Å². The summed E-state index contributed by atoms with van der Waals surface area (Å²) in [5.74, 6) is 2.37. The maximum Gasteiger partial charge on any atom is 0.193 e. The minimum Gasteiger partial charge on any atom is -0.459 e. The lowest BCUT2D eigenvalue weighted by molar-refractivity contribution is 0.0353. The normalized spacial score (nSPS) is 35.4. The van der Waals surface area contributed by atoms with Crippen molar-refractivity contribution in [3.05, 3.63) is 0 Å². The molecule has 1 aliphatic rings. The number of ether oxygens (including phenoxy) is 1. The molecule has 0 saturated carbocycles. The van der Waals surface area contributed by atoms with Gasteiger partial charge in [0.1, 0.15) is 6.10 Å². The van der Waals surface area contributed by atoms with E-state index in [1.807, 2.05) is 0 Å². The molecule has 0 aromatic carbocycles. The van der Waals surface area contributed by atoms with Crippen molar-refractivity contribution in [2.75, 3.05) is 0 Å². The number of hydrogen-bond donors (Lipinski definition) is 2. The lowest BCUT2D eigenvalue weighted by Gasteiger charge is -2.18. The number of aliphatic hydroxyl groups excluding tert-OH is 1. The molecule has 0 spiro atoms. The summed E-state index contributed by atoms with van der Waals surface area (Å²) in [7, 11) is 0. The minimum absolute atomic E-state index is 0. The Morgan fingerprint density at radius 1 is 1.91 bits per heavy atom. The Labute approximate surface area is 71.7 Å². The molecule has 0 unspecified atom stereocenters. The third-order valence-electron chi connectivity index (χ3n) is 1.64. The average Bonchev–Trinajstić information content (AvgIpc) is 2.09. The highest BCUT2D eigenvalue weighted by Crippen LogP contribution is 2.25. The van der Waals surface area contributed by atoms with Crippen molar-refractivity contribution in [1.29, 1.82) is 5.41 Å². The zero-order valence-corrected chi connectivity index (χ0v) is 6.94. The fourth-order valence-corrected chi connectivity index (χ4v) is 0.862. The smallest absolute Gasteiger partial charge is 0.193 e. The van der Waals surface area contributed by atoms with Crippen molar-refractivity contribution in [1.82, 2.24) is 0 Å². The lowest BCUT2D eigenvalue weighted by atomic mass is 10.0. The van der Waals surface area contributed by atoms with Crippen LogP contribution in [0.4, 0.5) is 0 Å². The van der Waals surface area contributed by atoms with Crippen molar-refractivity contribution >= 4 is 18.3 Å². The second-order valence-corrected chi connectivity index (χ2v) is 2.50. The van der Waals surface area contributed by atoms with Crippen LogP contribution in [0.5, 0.6) is 0 Å². The number of nitrogens with one attached hydrogen (secondary N) is 1. The van der Waals surface area contributed by atoms with E-state index in [-0.39, 0.29) is 24.7 Å². The molecule has 0 aromatic rings. The molecule has 1 rings (SSSR count). The first-order valence-electron chi connectivity index (χ1n) is 3.01. The van der Waals surface area contributed by atoms with Gasteiger partial charge in [-0.1, -0.05) is 5.92 Å². The van der Waals surface area contributed by atoms with Gasteiger partial charge in [-0.05, 0) is 6.92 Å². The molecule has 1 fully saturated rings. The molecule has 0 aromatic heterocycles. The van der Waals surface area contributed by atoms with Crippen LogP contribution < -0.4 is 0 Å². The third kappa shape index (κ3) is 1.65. The average molecular weight is 176 g/mol. The summed E-state index contributed by atoms with van der Waals surface area (Å²) >= 11 is 0. The molecule has 0 amide bonds. The van der Waals surface area contributed by atoms with Gasteiger partial charge in [0, 0.05) is 0 Å². The van der Waals surface area contributed by atoms with E-state index >= 15 is 0 Å². The number of rotatable bonds is 0. The van der Waals surface area contributed by atoms with Crippen LogP contribution in [-0.2, 0) is 4.74 Å². The molecule has 0 bridgehead atoms. The quantitative estimate of drug-likeness (QED) is 0.529.